The lowest BCUT2D eigenvalue weighted by molar-refractivity contribution is 0.0801. The van der Waals surface area contributed by atoms with Gasteiger partial charge in [0.05, 0.1) is 11.1 Å². The molecule has 0 fully saturated rings. The van der Waals surface area contributed by atoms with Gasteiger partial charge in [0, 0.05) is 11.1 Å². The second kappa shape index (κ2) is 3.81. The van der Waals surface area contributed by atoms with Crippen molar-refractivity contribution in [1.82, 2.24) is 4.98 Å². The van der Waals surface area contributed by atoms with Gasteiger partial charge in [0.25, 0.3) is 0 Å². The summed E-state index contributed by atoms with van der Waals surface area (Å²) < 4.78 is 0. The van der Waals surface area contributed by atoms with Gasteiger partial charge in [-0.15, -0.1) is 0 Å². The monoisotopic (exact) mass is 229 g/mol. The van der Waals surface area contributed by atoms with Crippen molar-refractivity contribution in [2.24, 2.45) is 0 Å². The quantitative estimate of drug-likeness (QED) is 0.813. The van der Waals surface area contributed by atoms with Crippen molar-refractivity contribution in [2.75, 3.05) is 0 Å². The molecular formula is C15H19NO. The van der Waals surface area contributed by atoms with Gasteiger partial charge in [-0.1, -0.05) is 11.6 Å². The number of pyridine rings is 1. The molecule has 90 valence electrons. The largest absolute Gasteiger partial charge is 0.386 e. The van der Waals surface area contributed by atoms with Crippen LogP contribution in [0.3, 0.4) is 0 Å². The van der Waals surface area contributed by atoms with E-state index in [0.717, 1.165) is 27.7 Å². The van der Waals surface area contributed by atoms with Gasteiger partial charge < -0.3 is 5.11 Å². The maximum atomic E-state index is 10.3. The summed E-state index contributed by atoms with van der Waals surface area (Å²) in [6.45, 7) is 9.74. The smallest absolute Gasteiger partial charge is 0.0847 e. The fraction of sp³-hybridized carbons (Fsp3) is 0.400. The molecule has 1 aromatic carbocycles. The van der Waals surface area contributed by atoms with E-state index in [2.05, 4.69) is 31.0 Å². The number of aliphatic hydroxyl groups is 1. The highest BCUT2D eigenvalue weighted by molar-refractivity contribution is 5.86. The number of rotatable bonds is 1. The minimum Gasteiger partial charge on any atom is -0.386 e. The average molecular weight is 229 g/mol. The Balaban J connectivity index is 2.93. The van der Waals surface area contributed by atoms with E-state index >= 15 is 0 Å². The molecule has 0 aliphatic carbocycles. The molecule has 0 saturated heterocycles. The van der Waals surface area contributed by atoms with Gasteiger partial charge in [-0.05, 0) is 57.9 Å². The molecule has 2 aromatic rings. The van der Waals surface area contributed by atoms with E-state index < -0.39 is 5.60 Å². The van der Waals surface area contributed by atoms with Crippen LogP contribution in [-0.4, -0.2) is 10.1 Å². The molecule has 2 nitrogen and oxygen atoms in total. The maximum Gasteiger partial charge on any atom is 0.0847 e. The zero-order valence-electron chi connectivity index (χ0n) is 11.1. The molecule has 2 rings (SSSR count). The molecule has 1 N–H and O–H groups in total. The summed E-state index contributed by atoms with van der Waals surface area (Å²) in [7, 11) is 0. The third kappa shape index (κ3) is 2.18. The summed E-state index contributed by atoms with van der Waals surface area (Å²) in [6.07, 6.45) is 0. The van der Waals surface area contributed by atoms with Gasteiger partial charge >= 0.3 is 0 Å². The third-order valence-electron chi connectivity index (χ3n) is 3.04. The van der Waals surface area contributed by atoms with Gasteiger partial charge in [-0.2, -0.15) is 0 Å². The molecular weight excluding hydrogens is 210 g/mol. The number of hydrogen-bond acceptors (Lipinski definition) is 2. The highest BCUT2D eigenvalue weighted by Crippen LogP contribution is 2.30. The number of aryl methyl sites for hydroxylation is 3. The minimum absolute atomic E-state index is 0.841. The Morgan fingerprint density at radius 2 is 1.71 bits per heavy atom. The third-order valence-corrected chi connectivity index (χ3v) is 3.04. The van der Waals surface area contributed by atoms with Gasteiger partial charge in [0.1, 0.15) is 0 Å². The maximum absolute atomic E-state index is 10.3. The van der Waals surface area contributed by atoms with Gasteiger partial charge in [0.2, 0.25) is 0 Å². The van der Waals surface area contributed by atoms with Crippen molar-refractivity contribution in [3.05, 3.63) is 40.6 Å². The van der Waals surface area contributed by atoms with Crippen LogP contribution in [-0.2, 0) is 5.60 Å². The highest BCUT2D eigenvalue weighted by atomic mass is 16.3. The van der Waals surface area contributed by atoms with Crippen molar-refractivity contribution in [3.63, 3.8) is 0 Å². The van der Waals surface area contributed by atoms with Crippen LogP contribution >= 0.6 is 0 Å². The summed E-state index contributed by atoms with van der Waals surface area (Å²) in [5, 5.41) is 11.3. The Morgan fingerprint density at radius 3 is 2.29 bits per heavy atom. The zero-order valence-corrected chi connectivity index (χ0v) is 11.1. The Kier molecular flexibility index (Phi) is 2.70. The second-order valence-electron chi connectivity index (χ2n) is 5.35. The van der Waals surface area contributed by atoms with E-state index in [-0.39, 0.29) is 0 Å². The normalized spacial score (nSPS) is 12.1. The van der Waals surface area contributed by atoms with Gasteiger partial charge in [0.15, 0.2) is 0 Å². The van der Waals surface area contributed by atoms with Crippen LogP contribution < -0.4 is 0 Å². The molecule has 0 spiro atoms. The number of aromatic nitrogens is 1. The molecule has 0 radical (unpaired) electrons. The molecule has 0 amide bonds. The van der Waals surface area contributed by atoms with Crippen LogP contribution in [0.4, 0.5) is 0 Å². The van der Waals surface area contributed by atoms with Crippen LogP contribution in [0.5, 0.6) is 0 Å². The fourth-order valence-electron chi connectivity index (χ4n) is 2.32. The lowest BCUT2D eigenvalue weighted by Gasteiger charge is -2.21. The van der Waals surface area contributed by atoms with E-state index in [4.69, 9.17) is 0 Å². The van der Waals surface area contributed by atoms with E-state index in [1.807, 2.05) is 26.8 Å². The lowest BCUT2D eigenvalue weighted by Crippen LogP contribution is -2.17. The molecule has 0 atom stereocenters. The molecule has 2 heteroatoms. The first-order valence-corrected chi connectivity index (χ1v) is 5.90. The second-order valence-corrected chi connectivity index (χ2v) is 5.35. The van der Waals surface area contributed by atoms with Crippen LogP contribution in [0.15, 0.2) is 18.2 Å². The van der Waals surface area contributed by atoms with E-state index in [9.17, 15) is 5.11 Å². The standard InChI is InChI=1S/C15H19NO/c1-9-6-10(2)14-12(7-9)13(15(4,5)17)8-11(3)16-14/h6-8,17H,1-5H3. The summed E-state index contributed by atoms with van der Waals surface area (Å²) in [5.74, 6) is 0. The summed E-state index contributed by atoms with van der Waals surface area (Å²) in [5.41, 5.74) is 4.41. The van der Waals surface area contributed by atoms with Crippen molar-refractivity contribution >= 4 is 10.9 Å². The van der Waals surface area contributed by atoms with E-state index in [1.54, 1.807) is 0 Å². The predicted molar refractivity (Wildman–Crippen MR) is 71.2 cm³/mol. The summed E-state index contributed by atoms with van der Waals surface area (Å²) >= 11 is 0. The van der Waals surface area contributed by atoms with Crippen LogP contribution in [0.1, 0.15) is 36.2 Å². The molecule has 0 aliphatic rings. The van der Waals surface area contributed by atoms with Crippen molar-refractivity contribution in [3.8, 4) is 0 Å². The minimum atomic E-state index is -0.841. The first-order valence-electron chi connectivity index (χ1n) is 5.90. The number of hydrogen-bond donors (Lipinski definition) is 1. The Hall–Kier alpha value is -1.41. The molecule has 1 aromatic heterocycles. The fourth-order valence-corrected chi connectivity index (χ4v) is 2.32. The zero-order chi connectivity index (χ0) is 12.8. The first-order chi connectivity index (χ1) is 7.79. The highest BCUT2D eigenvalue weighted by Gasteiger charge is 2.20. The first kappa shape index (κ1) is 12.1. The number of benzene rings is 1. The topological polar surface area (TPSA) is 33.1 Å². The Morgan fingerprint density at radius 1 is 1.06 bits per heavy atom. The lowest BCUT2D eigenvalue weighted by atomic mass is 9.92. The van der Waals surface area contributed by atoms with Gasteiger partial charge in [-0.3, -0.25) is 4.98 Å². The van der Waals surface area contributed by atoms with Crippen LogP contribution in [0.2, 0.25) is 0 Å². The van der Waals surface area contributed by atoms with Crippen molar-refractivity contribution < 1.29 is 5.11 Å². The number of nitrogens with zero attached hydrogens (tertiary/aromatic N) is 1. The summed E-state index contributed by atoms with van der Waals surface area (Å²) in [6, 6.07) is 6.20. The van der Waals surface area contributed by atoms with E-state index in [1.165, 1.54) is 5.56 Å². The average Bonchev–Trinajstić information content (AvgIpc) is 2.16. The predicted octanol–water partition coefficient (Wildman–Crippen LogP) is 3.39. The Labute approximate surface area is 102 Å². The summed E-state index contributed by atoms with van der Waals surface area (Å²) in [4.78, 5) is 4.58. The van der Waals surface area contributed by atoms with Crippen LogP contribution in [0, 0.1) is 20.8 Å². The SMILES string of the molecule is Cc1cc(C)c2nc(C)cc(C(C)(C)O)c2c1. The molecule has 1 heterocycles. The van der Waals surface area contributed by atoms with Crippen LogP contribution in [0.25, 0.3) is 10.9 Å². The number of fused-ring (bicyclic) bond motifs is 1. The Bertz CT molecular complexity index is 579. The molecule has 0 unspecified atom stereocenters. The molecule has 0 saturated carbocycles. The van der Waals surface area contributed by atoms with Gasteiger partial charge in [-0.25, -0.2) is 0 Å². The van der Waals surface area contributed by atoms with Crippen molar-refractivity contribution in [1.29, 1.82) is 0 Å². The van der Waals surface area contributed by atoms with Crippen molar-refractivity contribution in [2.45, 2.75) is 40.2 Å². The molecule has 0 bridgehead atoms. The van der Waals surface area contributed by atoms with E-state index in [0.29, 0.717) is 0 Å². The molecule has 0 aliphatic heterocycles. The molecule has 17 heavy (non-hydrogen) atoms.